The number of hydrogen-bond donors (Lipinski definition) is 0. The van der Waals surface area contributed by atoms with E-state index >= 15 is 0 Å². The molecule has 6 heteroatoms. The highest BCUT2D eigenvalue weighted by Gasteiger charge is 2.18. The Labute approximate surface area is 135 Å². The number of hydrogen-bond acceptors (Lipinski definition) is 4. The summed E-state index contributed by atoms with van der Waals surface area (Å²) in [7, 11) is 0. The van der Waals surface area contributed by atoms with Crippen LogP contribution in [0.15, 0.2) is 18.2 Å². The third kappa shape index (κ3) is 5.02. The van der Waals surface area contributed by atoms with E-state index < -0.39 is 5.82 Å². The van der Waals surface area contributed by atoms with Crippen molar-refractivity contribution in [3.63, 3.8) is 0 Å². The second-order valence-electron chi connectivity index (χ2n) is 5.48. The maximum Gasteiger partial charge on any atom is 0.248 e. The first-order valence-electron chi connectivity index (χ1n) is 7.79. The lowest BCUT2D eigenvalue weighted by Gasteiger charge is -2.21. The fraction of sp³-hybridized carbons (Fsp3) is 0.529. The van der Waals surface area contributed by atoms with Crippen LogP contribution in [-0.2, 0) is 20.8 Å². The van der Waals surface area contributed by atoms with E-state index in [2.05, 4.69) is 0 Å². The van der Waals surface area contributed by atoms with E-state index in [4.69, 9.17) is 14.7 Å². The number of ether oxygens (including phenoxy) is 2. The van der Waals surface area contributed by atoms with Crippen molar-refractivity contribution in [3.8, 4) is 6.07 Å². The maximum absolute atomic E-state index is 13.9. The Morgan fingerprint density at radius 3 is 3.00 bits per heavy atom. The average molecular weight is 320 g/mol. The van der Waals surface area contributed by atoms with Gasteiger partial charge in [-0.1, -0.05) is 6.07 Å². The molecular formula is C17H21FN2O3. The van der Waals surface area contributed by atoms with Crippen LogP contribution in [-0.4, -0.2) is 43.3 Å². The van der Waals surface area contributed by atoms with Gasteiger partial charge in [-0.2, -0.15) is 5.26 Å². The van der Waals surface area contributed by atoms with E-state index in [-0.39, 0.29) is 30.7 Å². The lowest BCUT2D eigenvalue weighted by molar-refractivity contribution is -0.137. The van der Waals surface area contributed by atoms with Crippen LogP contribution in [0.4, 0.5) is 4.39 Å². The molecule has 0 aliphatic carbocycles. The molecule has 0 radical (unpaired) electrons. The Morgan fingerprint density at radius 2 is 2.39 bits per heavy atom. The third-order valence-electron chi connectivity index (χ3n) is 3.83. The number of nitriles is 1. The van der Waals surface area contributed by atoms with Crippen molar-refractivity contribution in [2.75, 3.05) is 26.4 Å². The first-order chi connectivity index (χ1) is 11.1. The lowest BCUT2D eigenvalue weighted by atomic mass is 10.1. The van der Waals surface area contributed by atoms with Crippen molar-refractivity contribution < 1.29 is 18.7 Å². The number of likely N-dealkylation sites (N-methyl/N-ethyl adjacent to an activating group) is 1. The highest BCUT2D eigenvalue weighted by atomic mass is 19.1. The number of benzene rings is 1. The summed E-state index contributed by atoms with van der Waals surface area (Å²) >= 11 is 0. The van der Waals surface area contributed by atoms with Crippen LogP contribution in [0.25, 0.3) is 0 Å². The molecule has 1 aliphatic rings. The summed E-state index contributed by atoms with van der Waals surface area (Å²) in [6.45, 7) is 3.58. The van der Waals surface area contributed by atoms with E-state index in [1.807, 2.05) is 13.0 Å². The molecule has 0 N–H and O–H groups in total. The van der Waals surface area contributed by atoms with Crippen molar-refractivity contribution in [2.45, 2.75) is 32.4 Å². The molecule has 1 fully saturated rings. The molecule has 23 heavy (non-hydrogen) atoms. The first kappa shape index (κ1) is 17.4. The number of rotatable bonds is 7. The molecule has 0 saturated carbocycles. The number of amides is 1. The van der Waals surface area contributed by atoms with Crippen LogP contribution in [0.2, 0.25) is 0 Å². The van der Waals surface area contributed by atoms with Gasteiger partial charge in [0.2, 0.25) is 5.91 Å². The predicted octanol–water partition coefficient (Wildman–Crippen LogP) is 2.24. The van der Waals surface area contributed by atoms with Crippen LogP contribution in [0, 0.1) is 17.1 Å². The van der Waals surface area contributed by atoms with Gasteiger partial charge in [0.1, 0.15) is 12.4 Å². The monoisotopic (exact) mass is 320 g/mol. The van der Waals surface area contributed by atoms with Gasteiger partial charge < -0.3 is 14.4 Å². The molecule has 2 rings (SSSR count). The van der Waals surface area contributed by atoms with Gasteiger partial charge in [0.25, 0.3) is 0 Å². The summed E-state index contributed by atoms with van der Waals surface area (Å²) in [4.78, 5) is 13.7. The Balaban J connectivity index is 1.85. The maximum atomic E-state index is 13.9. The van der Waals surface area contributed by atoms with Crippen LogP contribution >= 0.6 is 0 Å². The van der Waals surface area contributed by atoms with Gasteiger partial charge in [0, 0.05) is 25.3 Å². The molecule has 0 bridgehead atoms. The van der Waals surface area contributed by atoms with Gasteiger partial charge in [-0.25, -0.2) is 4.39 Å². The summed E-state index contributed by atoms with van der Waals surface area (Å²) < 4.78 is 24.8. The zero-order valence-corrected chi connectivity index (χ0v) is 13.3. The van der Waals surface area contributed by atoms with E-state index in [0.717, 1.165) is 19.4 Å². The highest BCUT2D eigenvalue weighted by Crippen LogP contribution is 2.14. The summed E-state index contributed by atoms with van der Waals surface area (Å²) in [6, 6.07) is 6.15. The van der Waals surface area contributed by atoms with Crippen molar-refractivity contribution >= 4 is 5.91 Å². The number of carbonyl (C=O) groups is 1. The second kappa shape index (κ2) is 8.61. The molecule has 1 amide bonds. The largest absolute Gasteiger partial charge is 0.376 e. The molecule has 1 aromatic carbocycles. The van der Waals surface area contributed by atoms with Crippen LogP contribution in [0.3, 0.4) is 0 Å². The zero-order chi connectivity index (χ0) is 16.7. The Bertz CT molecular complexity index is 580. The summed E-state index contributed by atoms with van der Waals surface area (Å²) in [5.74, 6) is -0.662. The number of halogens is 1. The Morgan fingerprint density at radius 1 is 1.57 bits per heavy atom. The number of carbonyl (C=O) groups excluding carboxylic acids is 1. The van der Waals surface area contributed by atoms with Crippen molar-refractivity contribution in [2.24, 2.45) is 0 Å². The smallest absolute Gasteiger partial charge is 0.248 e. The fourth-order valence-electron chi connectivity index (χ4n) is 2.47. The van der Waals surface area contributed by atoms with Gasteiger partial charge in [0.05, 0.1) is 24.3 Å². The molecule has 1 saturated heterocycles. The topological polar surface area (TPSA) is 62.6 Å². The normalized spacial score (nSPS) is 17.0. The van der Waals surface area contributed by atoms with Crippen molar-refractivity contribution in [1.82, 2.24) is 4.90 Å². The van der Waals surface area contributed by atoms with Gasteiger partial charge in [0.15, 0.2) is 0 Å². The van der Waals surface area contributed by atoms with Gasteiger partial charge in [-0.05, 0) is 31.9 Å². The minimum absolute atomic E-state index is 0.0361. The zero-order valence-electron chi connectivity index (χ0n) is 13.3. The van der Waals surface area contributed by atoms with E-state index in [1.165, 1.54) is 17.0 Å². The van der Waals surface area contributed by atoms with Crippen molar-refractivity contribution in [3.05, 3.63) is 35.1 Å². The molecule has 124 valence electrons. The van der Waals surface area contributed by atoms with Gasteiger partial charge in [-0.3, -0.25) is 4.79 Å². The molecule has 0 aromatic heterocycles. The Hall–Kier alpha value is -1.97. The number of nitrogens with zero attached hydrogens (tertiary/aromatic N) is 2. The predicted molar refractivity (Wildman–Crippen MR) is 82.0 cm³/mol. The van der Waals surface area contributed by atoms with Crippen LogP contribution in [0.1, 0.15) is 30.9 Å². The minimum Gasteiger partial charge on any atom is -0.376 e. The molecular weight excluding hydrogens is 299 g/mol. The first-order valence-corrected chi connectivity index (χ1v) is 7.79. The van der Waals surface area contributed by atoms with Crippen LogP contribution < -0.4 is 0 Å². The van der Waals surface area contributed by atoms with Crippen LogP contribution in [0.5, 0.6) is 0 Å². The van der Waals surface area contributed by atoms with E-state index in [0.29, 0.717) is 18.7 Å². The summed E-state index contributed by atoms with van der Waals surface area (Å²) in [5.41, 5.74) is 0.652. The fourth-order valence-corrected chi connectivity index (χ4v) is 2.47. The van der Waals surface area contributed by atoms with E-state index in [1.54, 1.807) is 6.07 Å². The molecule has 5 nitrogen and oxygen atoms in total. The lowest BCUT2D eigenvalue weighted by Crippen LogP contribution is -2.34. The molecule has 1 aromatic rings. The second-order valence-corrected chi connectivity index (χ2v) is 5.48. The van der Waals surface area contributed by atoms with Gasteiger partial charge in [-0.15, -0.1) is 0 Å². The SMILES string of the molecule is CCN(Cc1ccc(C#N)cc1F)C(=O)COC[C@H]1CCCO1. The molecule has 1 aliphatic heterocycles. The Kier molecular flexibility index (Phi) is 6.51. The molecule has 1 atom stereocenters. The minimum atomic E-state index is -0.476. The summed E-state index contributed by atoms with van der Waals surface area (Å²) in [5, 5.41) is 8.75. The third-order valence-corrected chi connectivity index (χ3v) is 3.83. The molecule has 0 unspecified atom stereocenters. The molecule has 1 heterocycles. The quantitative estimate of drug-likeness (QED) is 0.773. The average Bonchev–Trinajstić information content (AvgIpc) is 3.06. The standard InChI is InChI=1S/C17H21FN2O3/c1-2-20(10-14-6-5-13(9-19)8-16(14)18)17(21)12-22-11-15-4-3-7-23-15/h5-6,8,15H,2-4,7,10-12H2,1H3/t15-/m1/s1. The highest BCUT2D eigenvalue weighted by molar-refractivity contribution is 5.77. The molecule has 0 spiro atoms. The van der Waals surface area contributed by atoms with E-state index in [9.17, 15) is 9.18 Å². The van der Waals surface area contributed by atoms with Gasteiger partial charge >= 0.3 is 0 Å². The van der Waals surface area contributed by atoms with Crippen molar-refractivity contribution in [1.29, 1.82) is 5.26 Å². The summed E-state index contributed by atoms with van der Waals surface area (Å²) in [6.07, 6.45) is 2.07.